The second-order valence-corrected chi connectivity index (χ2v) is 5.13. The highest BCUT2D eigenvalue weighted by atomic mass is 35.5. The Balaban J connectivity index is 1.69. The van der Waals surface area contributed by atoms with Crippen LogP contribution in [-0.2, 0) is 17.9 Å². The molecule has 2 rings (SSSR count). The Morgan fingerprint density at radius 3 is 2.75 bits per heavy atom. The quantitative estimate of drug-likeness (QED) is 0.823. The van der Waals surface area contributed by atoms with E-state index in [-0.39, 0.29) is 12.5 Å². The van der Waals surface area contributed by atoms with Gasteiger partial charge in [-0.05, 0) is 25.8 Å². The molecule has 2 aromatic heterocycles. The third-order valence-corrected chi connectivity index (χ3v) is 3.36. The maximum atomic E-state index is 11.8. The molecular formula is C13H18ClN5O. The Labute approximate surface area is 122 Å². The number of hydrogen-bond donors (Lipinski definition) is 1. The van der Waals surface area contributed by atoms with Gasteiger partial charge in [-0.25, -0.2) is 0 Å². The molecule has 0 saturated heterocycles. The lowest BCUT2D eigenvalue weighted by Gasteiger charge is -2.07. The fourth-order valence-electron chi connectivity index (χ4n) is 1.83. The minimum atomic E-state index is -0.0653. The smallest absolute Gasteiger partial charge is 0.241 e. The van der Waals surface area contributed by atoms with Gasteiger partial charge in [0.05, 0.1) is 23.1 Å². The Bertz CT molecular complexity index is 589. The first-order chi connectivity index (χ1) is 9.56. The van der Waals surface area contributed by atoms with Crippen LogP contribution in [0.15, 0.2) is 18.6 Å². The molecule has 6 nitrogen and oxygen atoms in total. The molecule has 20 heavy (non-hydrogen) atoms. The molecule has 0 aliphatic rings. The average molecular weight is 296 g/mol. The van der Waals surface area contributed by atoms with Crippen molar-refractivity contribution in [3.05, 3.63) is 34.9 Å². The van der Waals surface area contributed by atoms with Gasteiger partial charge in [0, 0.05) is 19.3 Å². The number of hydrogen-bond acceptors (Lipinski definition) is 3. The van der Waals surface area contributed by atoms with Crippen molar-refractivity contribution in [3.8, 4) is 0 Å². The molecule has 0 spiro atoms. The maximum absolute atomic E-state index is 11.8. The summed E-state index contributed by atoms with van der Waals surface area (Å²) in [4.78, 5) is 11.8. The monoisotopic (exact) mass is 295 g/mol. The minimum absolute atomic E-state index is 0.0653. The number of amides is 1. The molecular weight excluding hydrogens is 278 g/mol. The summed E-state index contributed by atoms with van der Waals surface area (Å²) >= 11 is 5.88. The molecule has 0 bridgehead atoms. The molecule has 1 N–H and O–H groups in total. The van der Waals surface area contributed by atoms with E-state index in [9.17, 15) is 4.79 Å². The lowest BCUT2D eigenvalue weighted by molar-refractivity contribution is -0.121. The van der Waals surface area contributed by atoms with Gasteiger partial charge in [-0.1, -0.05) is 11.6 Å². The zero-order chi connectivity index (χ0) is 14.5. The fraction of sp³-hybridized carbons (Fsp3) is 0.462. The summed E-state index contributed by atoms with van der Waals surface area (Å²) in [5, 5.41) is 11.7. The summed E-state index contributed by atoms with van der Waals surface area (Å²) < 4.78 is 3.47. The van der Waals surface area contributed by atoms with Crippen LogP contribution >= 0.6 is 11.6 Å². The zero-order valence-electron chi connectivity index (χ0n) is 11.6. The Hall–Kier alpha value is -1.82. The predicted molar refractivity (Wildman–Crippen MR) is 76.6 cm³/mol. The number of aryl methyl sites for hydroxylation is 2. The molecule has 0 aliphatic carbocycles. The lowest BCUT2D eigenvalue weighted by atomic mass is 10.4. The SMILES string of the molecule is Cc1cnn(CCCNC(=O)Cn2ncc(Cl)c2C)c1. The van der Waals surface area contributed by atoms with E-state index < -0.39 is 0 Å². The van der Waals surface area contributed by atoms with Crippen molar-refractivity contribution in [2.24, 2.45) is 0 Å². The van der Waals surface area contributed by atoms with Gasteiger partial charge in [0.1, 0.15) is 6.54 Å². The second kappa shape index (κ2) is 6.56. The largest absolute Gasteiger partial charge is 0.354 e. The van der Waals surface area contributed by atoms with Gasteiger partial charge >= 0.3 is 0 Å². The van der Waals surface area contributed by atoms with E-state index in [1.165, 1.54) is 0 Å². The summed E-state index contributed by atoms with van der Waals surface area (Å²) in [7, 11) is 0. The van der Waals surface area contributed by atoms with Crippen molar-refractivity contribution in [2.45, 2.75) is 33.4 Å². The number of nitrogens with one attached hydrogen (secondary N) is 1. The van der Waals surface area contributed by atoms with E-state index >= 15 is 0 Å². The second-order valence-electron chi connectivity index (χ2n) is 4.72. The van der Waals surface area contributed by atoms with E-state index in [1.54, 1.807) is 10.9 Å². The highest BCUT2D eigenvalue weighted by molar-refractivity contribution is 6.31. The van der Waals surface area contributed by atoms with Crippen molar-refractivity contribution in [1.29, 1.82) is 0 Å². The number of rotatable bonds is 6. The maximum Gasteiger partial charge on any atom is 0.241 e. The molecule has 0 radical (unpaired) electrons. The molecule has 7 heteroatoms. The van der Waals surface area contributed by atoms with Crippen LogP contribution in [0.1, 0.15) is 17.7 Å². The zero-order valence-corrected chi connectivity index (χ0v) is 12.4. The number of nitrogens with zero attached hydrogens (tertiary/aromatic N) is 4. The minimum Gasteiger partial charge on any atom is -0.354 e. The van der Waals surface area contributed by atoms with Gasteiger partial charge in [0.15, 0.2) is 0 Å². The molecule has 2 heterocycles. The van der Waals surface area contributed by atoms with Crippen molar-refractivity contribution in [1.82, 2.24) is 24.9 Å². The molecule has 108 valence electrons. The van der Waals surface area contributed by atoms with E-state index in [2.05, 4.69) is 15.5 Å². The number of carbonyl (C=O) groups is 1. The summed E-state index contributed by atoms with van der Waals surface area (Å²) in [5.41, 5.74) is 1.94. The third-order valence-electron chi connectivity index (χ3n) is 2.99. The van der Waals surface area contributed by atoms with E-state index in [1.807, 2.05) is 30.9 Å². The Morgan fingerprint density at radius 2 is 2.15 bits per heavy atom. The Morgan fingerprint density at radius 1 is 1.35 bits per heavy atom. The first kappa shape index (κ1) is 14.6. The molecule has 0 aromatic carbocycles. The van der Waals surface area contributed by atoms with E-state index in [0.29, 0.717) is 11.6 Å². The normalized spacial score (nSPS) is 10.8. The van der Waals surface area contributed by atoms with Gasteiger partial charge in [0.2, 0.25) is 5.91 Å². The van der Waals surface area contributed by atoms with Crippen molar-refractivity contribution >= 4 is 17.5 Å². The van der Waals surface area contributed by atoms with Gasteiger partial charge in [-0.2, -0.15) is 10.2 Å². The first-order valence-electron chi connectivity index (χ1n) is 6.50. The lowest BCUT2D eigenvalue weighted by Crippen LogP contribution is -2.29. The van der Waals surface area contributed by atoms with E-state index in [0.717, 1.165) is 24.2 Å². The topological polar surface area (TPSA) is 64.7 Å². The average Bonchev–Trinajstić information content (AvgIpc) is 2.96. The van der Waals surface area contributed by atoms with Gasteiger partial charge < -0.3 is 5.32 Å². The number of carbonyl (C=O) groups excluding carboxylic acids is 1. The molecule has 0 saturated carbocycles. The van der Waals surface area contributed by atoms with Crippen LogP contribution in [0.3, 0.4) is 0 Å². The summed E-state index contributed by atoms with van der Waals surface area (Å²) in [6, 6.07) is 0. The Kier molecular flexibility index (Phi) is 4.79. The third kappa shape index (κ3) is 3.84. The van der Waals surface area contributed by atoms with Gasteiger partial charge in [-0.15, -0.1) is 0 Å². The molecule has 0 aliphatic heterocycles. The van der Waals surface area contributed by atoms with Gasteiger partial charge in [0.25, 0.3) is 0 Å². The standard InChI is InChI=1S/C13H18ClN5O/c1-10-6-16-18(8-10)5-3-4-15-13(20)9-19-11(2)12(14)7-17-19/h6-8H,3-5,9H2,1-2H3,(H,15,20). The first-order valence-corrected chi connectivity index (χ1v) is 6.87. The molecule has 2 aromatic rings. The molecule has 0 unspecified atom stereocenters. The van der Waals surface area contributed by atoms with Crippen molar-refractivity contribution in [2.75, 3.05) is 6.54 Å². The van der Waals surface area contributed by atoms with Crippen LogP contribution in [-0.4, -0.2) is 32.0 Å². The highest BCUT2D eigenvalue weighted by Crippen LogP contribution is 2.12. The summed E-state index contributed by atoms with van der Waals surface area (Å²) in [6.07, 6.45) is 6.19. The van der Waals surface area contributed by atoms with Crippen molar-refractivity contribution in [3.63, 3.8) is 0 Å². The van der Waals surface area contributed by atoms with Crippen LogP contribution in [0.2, 0.25) is 5.02 Å². The molecule has 1 amide bonds. The van der Waals surface area contributed by atoms with Crippen LogP contribution in [0.25, 0.3) is 0 Å². The van der Waals surface area contributed by atoms with Crippen LogP contribution in [0, 0.1) is 13.8 Å². The van der Waals surface area contributed by atoms with Crippen LogP contribution < -0.4 is 5.32 Å². The molecule has 0 fully saturated rings. The van der Waals surface area contributed by atoms with Crippen molar-refractivity contribution < 1.29 is 4.79 Å². The highest BCUT2D eigenvalue weighted by Gasteiger charge is 2.08. The fourth-order valence-corrected chi connectivity index (χ4v) is 1.97. The summed E-state index contributed by atoms with van der Waals surface area (Å²) in [6.45, 7) is 5.44. The molecule has 0 atom stereocenters. The summed E-state index contributed by atoms with van der Waals surface area (Å²) in [5.74, 6) is -0.0653. The number of aromatic nitrogens is 4. The van der Waals surface area contributed by atoms with E-state index in [4.69, 9.17) is 11.6 Å². The van der Waals surface area contributed by atoms with Crippen LogP contribution in [0.5, 0.6) is 0 Å². The number of halogens is 1. The van der Waals surface area contributed by atoms with Crippen LogP contribution in [0.4, 0.5) is 0 Å². The van der Waals surface area contributed by atoms with Gasteiger partial charge in [-0.3, -0.25) is 14.2 Å². The predicted octanol–water partition coefficient (Wildman–Crippen LogP) is 1.56.